The Hall–Kier alpha value is -1.09. The fourth-order valence-corrected chi connectivity index (χ4v) is 1.75. The molecule has 1 atom stereocenters. The number of aromatic nitrogens is 1. The minimum Gasteiger partial charge on any atom is -0.365 e. The molecule has 3 heteroatoms. The zero-order valence-electron chi connectivity index (χ0n) is 7.90. The standard InChI is InChI=1S/C10H15N3/c1-9-7-12-5-6-13(9)10-3-2-4-11-8-10/h2-4,8-9,12H,5-7H2,1H3/t9-/m0/s1. The molecular weight excluding hydrogens is 162 g/mol. The monoisotopic (exact) mass is 177 g/mol. The Bertz CT molecular complexity index is 260. The first-order chi connectivity index (χ1) is 6.38. The maximum absolute atomic E-state index is 4.13. The molecule has 0 spiro atoms. The van der Waals surface area contributed by atoms with Crippen molar-refractivity contribution in [2.75, 3.05) is 24.5 Å². The van der Waals surface area contributed by atoms with Crippen LogP contribution in [-0.4, -0.2) is 30.7 Å². The van der Waals surface area contributed by atoms with Crippen LogP contribution < -0.4 is 10.2 Å². The van der Waals surface area contributed by atoms with E-state index in [4.69, 9.17) is 0 Å². The lowest BCUT2D eigenvalue weighted by atomic mass is 10.2. The van der Waals surface area contributed by atoms with Gasteiger partial charge < -0.3 is 10.2 Å². The number of pyridine rings is 1. The summed E-state index contributed by atoms with van der Waals surface area (Å²) in [4.78, 5) is 6.52. The van der Waals surface area contributed by atoms with Gasteiger partial charge in [-0.1, -0.05) is 0 Å². The molecular formula is C10H15N3. The van der Waals surface area contributed by atoms with Crippen LogP contribution in [0.4, 0.5) is 5.69 Å². The molecule has 0 aromatic carbocycles. The lowest BCUT2D eigenvalue weighted by Gasteiger charge is -2.35. The van der Waals surface area contributed by atoms with Crippen LogP contribution >= 0.6 is 0 Å². The van der Waals surface area contributed by atoms with Crippen LogP contribution in [0.1, 0.15) is 6.92 Å². The molecule has 1 aliphatic heterocycles. The summed E-state index contributed by atoms with van der Waals surface area (Å²) in [6, 6.07) is 4.68. The predicted octanol–water partition coefficient (Wildman–Crippen LogP) is 0.880. The van der Waals surface area contributed by atoms with Gasteiger partial charge in [0, 0.05) is 31.9 Å². The molecule has 1 saturated heterocycles. The van der Waals surface area contributed by atoms with Crippen molar-refractivity contribution in [3.05, 3.63) is 24.5 Å². The summed E-state index contributed by atoms with van der Waals surface area (Å²) in [7, 11) is 0. The molecule has 1 aromatic rings. The Balaban J connectivity index is 2.15. The van der Waals surface area contributed by atoms with E-state index >= 15 is 0 Å². The predicted molar refractivity (Wildman–Crippen MR) is 53.9 cm³/mol. The number of nitrogens with one attached hydrogen (secondary N) is 1. The summed E-state index contributed by atoms with van der Waals surface area (Å²) < 4.78 is 0. The SMILES string of the molecule is C[C@H]1CNCCN1c1cccnc1. The van der Waals surface area contributed by atoms with E-state index in [1.807, 2.05) is 18.5 Å². The average molecular weight is 177 g/mol. The topological polar surface area (TPSA) is 28.2 Å². The summed E-state index contributed by atoms with van der Waals surface area (Å²) in [6.45, 7) is 5.44. The second kappa shape index (κ2) is 3.75. The van der Waals surface area contributed by atoms with Crippen molar-refractivity contribution in [1.82, 2.24) is 10.3 Å². The van der Waals surface area contributed by atoms with Crippen LogP contribution in [0.5, 0.6) is 0 Å². The third-order valence-corrected chi connectivity index (χ3v) is 2.48. The minimum atomic E-state index is 0.568. The highest BCUT2D eigenvalue weighted by atomic mass is 15.2. The largest absolute Gasteiger partial charge is 0.365 e. The number of piperazine rings is 1. The molecule has 0 amide bonds. The molecule has 1 fully saturated rings. The van der Waals surface area contributed by atoms with Crippen molar-refractivity contribution in [2.24, 2.45) is 0 Å². The van der Waals surface area contributed by atoms with Crippen molar-refractivity contribution in [3.8, 4) is 0 Å². The Kier molecular flexibility index (Phi) is 2.45. The van der Waals surface area contributed by atoms with Crippen molar-refractivity contribution < 1.29 is 0 Å². The van der Waals surface area contributed by atoms with Crippen molar-refractivity contribution in [3.63, 3.8) is 0 Å². The zero-order valence-corrected chi connectivity index (χ0v) is 7.90. The molecule has 2 heterocycles. The Morgan fingerprint density at radius 2 is 2.54 bits per heavy atom. The summed E-state index contributed by atoms with van der Waals surface area (Å²) >= 11 is 0. The second-order valence-electron chi connectivity index (χ2n) is 3.46. The molecule has 1 aromatic heterocycles. The third kappa shape index (κ3) is 1.80. The summed E-state index contributed by atoms with van der Waals surface area (Å²) in [5, 5.41) is 3.37. The van der Waals surface area contributed by atoms with Crippen molar-refractivity contribution >= 4 is 5.69 Å². The number of hydrogen-bond acceptors (Lipinski definition) is 3. The summed E-state index contributed by atoms with van der Waals surface area (Å²) in [5.41, 5.74) is 1.23. The van der Waals surface area contributed by atoms with Gasteiger partial charge in [-0.25, -0.2) is 0 Å². The van der Waals surface area contributed by atoms with Crippen molar-refractivity contribution in [2.45, 2.75) is 13.0 Å². The molecule has 0 radical (unpaired) electrons. The zero-order chi connectivity index (χ0) is 9.10. The van der Waals surface area contributed by atoms with Crippen molar-refractivity contribution in [1.29, 1.82) is 0 Å². The first-order valence-electron chi connectivity index (χ1n) is 4.75. The van der Waals surface area contributed by atoms with Crippen LogP contribution in [0, 0.1) is 0 Å². The number of hydrogen-bond donors (Lipinski definition) is 1. The normalized spacial score (nSPS) is 23.2. The second-order valence-corrected chi connectivity index (χ2v) is 3.46. The highest BCUT2D eigenvalue weighted by Gasteiger charge is 2.17. The van der Waals surface area contributed by atoms with Gasteiger partial charge in [-0.3, -0.25) is 4.98 Å². The number of nitrogens with zero attached hydrogens (tertiary/aromatic N) is 2. The van der Waals surface area contributed by atoms with Gasteiger partial charge >= 0.3 is 0 Å². The van der Waals surface area contributed by atoms with E-state index in [2.05, 4.69) is 28.2 Å². The average Bonchev–Trinajstić information content (AvgIpc) is 2.20. The first kappa shape index (κ1) is 8.51. The van der Waals surface area contributed by atoms with E-state index in [0.29, 0.717) is 6.04 Å². The highest BCUT2D eigenvalue weighted by molar-refractivity contribution is 5.45. The maximum Gasteiger partial charge on any atom is 0.0556 e. The molecule has 0 aliphatic carbocycles. The van der Waals surface area contributed by atoms with Gasteiger partial charge in [-0.2, -0.15) is 0 Å². The third-order valence-electron chi connectivity index (χ3n) is 2.48. The summed E-state index contributed by atoms with van der Waals surface area (Å²) in [6.07, 6.45) is 3.75. The van der Waals surface area contributed by atoms with Crippen LogP contribution in [-0.2, 0) is 0 Å². The van der Waals surface area contributed by atoms with Crippen LogP contribution in [0.25, 0.3) is 0 Å². The van der Waals surface area contributed by atoms with E-state index in [-0.39, 0.29) is 0 Å². The van der Waals surface area contributed by atoms with Gasteiger partial charge in [-0.15, -0.1) is 0 Å². The Morgan fingerprint density at radius 3 is 3.23 bits per heavy atom. The fraction of sp³-hybridized carbons (Fsp3) is 0.500. The number of rotatable bonds is 1. The van der Waals surface area contributed by atoms with Gasteiger partial charge in [0.25, 0.3) is 0 Å². The Morgan fingerprint density at radius 1 is 1.62 bits per heavy atom. The molecule has 1 aliphatic rings. The van der Waals surface area contributed by atoms with Gasteiger partial charge in [-0.05, 0) is 19.1 Å². The highest BCUT2D eigenvalue weighted by Crippen LogP contribution is 2.15. The van der Waals surface area contributed by atoms with Gasteiger partial charge in [0.05, 0.1) is 11.9 Å². The molecule has 13 heavy (non-hydrogen) atoms. The first-order valence-corrected chi connectivity index (χ1v) is 4.75. The number of anilines is 1. The molecule has 1 N–H and O–H groups in total. The quantitative estimate of drug-likeness (QED) is 0.690. The molecule has 2 rings (SSSR count). The minimum absolute atomic E-state index is 0.568. The lowest BCUT2D eigenvalue weighted by Crippen LogP contribution is -2.49. The van der Waals surface area contributed by atoms with Crippen LogP contribution in [0.3, 0.4) is 0 Å². The van der Waals surface area contributed by atoms with Gasteiger partial charge in [0.2, 0.25) is 0 Å². The molecule has 3 nitrogen and oxygen atoms in total. The van der Waals surface area contributed by atoms with E-state index < -0.39 is 0 Å². The molecule has 70 valence electrons. The van der Waals surface area contributed by atoms with E-state index in [9.17, 15) is 0 Å². The van der Waals surface area contributed by atoms with Gasteiger partial charge in [0.1, 0.15) is 0 Å². The smallest absolute Gasteiger partial charge is 0.0556 e. The fourth-order valence-electron chi connectivity index (χ4n) is 1.75. The van der Waals surface area contributed by atoms with E-state index in [0.717, 1.165) is 19.6 Å². The Labute approximate surface area is 78.8 Å². The van der Waals surface area contributed by atoms with Crippen LogP contribution in [0.15, 0.2) is 24.5 Å². The van der Waals surface area contributed by atoms with Gasteiger partial charge in [0.15, 0.2) is 0 Å². The van der Waals surface area contributed by atoms with E-state index in [1.165, 1.54) is 5.69 Å². The summed E-state index contributed by atoms with van der Waals surface area (Å²) in [5.74, 6) is 0. The molecule has 0 saturated carbocycles. The van der Waals surface area contributed by atoms with E-state index in [1.54, 1.807) is 0 Å². The molecule has 0 bridgehead atoms. The maximum atomic E-state index is 4.13. The van der Waals surface area contributed by atoms with Crippen LogP contribution in [0.2, 0.25) is 0 Å². The molecule has 0 unspecified atom stereocenters. The lowest BCUT2D eigenvalue weighted by molar-refractivity contribution is 0.500.